The van der Waals surface area contributed by atoms with Crippen molar-refractivity contribution < 1.29 is 4.79 Å². The maximum atomic E-state index is 12.6. The molecule has 0 unspecified atom stereocenters. The smallest absolute Gasteiger partial charge is 0.251 e. The minimum atomic E-state index is -0.125. The maximum absolute atomic E-state index is 12.6. The van der Waals surface area contributed by atoms with Gasteiger partial charge in [0.25, 0.3) is 5.91 Å². The van der Waals surface area contributed by atoms with E-state index in [1.54, 1.807) is 11.8 Å². The number of benzene rings is 2. The zero-order valence-electron chi connectivity index (χ0n) is 17.1. The third-order valence-corrected chi connectivity index (χ3v) is 5.82. The lowest BCUT2D eigenvalue weighted by molar-refractivity contribution is 0.0949. The molecule has 152 valence electrons. The van der Waals surface area contributed by atoms with Crippen LogP contribution in [0.2, 0.25) is 0 Å². The van der Waals surface area contributed by atoms with Gasteiger partial charge in [-0.1, -0.05) is 67.5 Å². The van der Waals surface area contributed by atoms with Crippen molar-refractivity contribution in [3.05, 3.63) is 70.0 Å². The van der Waals surface area contributed by atoms with Crippen LogP contribution in [0.5, 0.6) is 0 Å². The number of nitrogens with one attached hydrogen (secondary N) is 1. The van der Waals surface area contributed by atoms with Crippen LogP contribution in [-0.4, -0.2) is 26.4 Å². The van der Waals surface area contributed by atoms with E-state index in [0.29, 0.717) is 17.9 Å². The Balaban J connectivity index is 1.78. The Hall–Kier alpha value is -2.12. The summed E-state index contributed by atoms with van der Waals surface area (Å²) in [5.41, 5.74) is 2.86. The van der Waals surface area contributed by atoms with Crippen LogP contribution < -0.4 is 5.32 Å². The summed E-state index contributed by atoms with van der Waals surface area (Å²) in [6, 6.07) is 15.7. The third-order valence-electron chi connectivity index (χ3n) is 4.48. The van der Waals surface area contributed by atoms with Gasteiger partial charge in [-0.15, -0.1) is 10.2 Å². The van der Waals surface area contributed by atoms with E-state index in [0.717, 1.165) is 21.1 Å². The van der Waals surface area contributed by atoms with Crippen LogP contribution >= 0.6 is 27.7 Å². The highest BCUT2D eigenvalue weighted by Gasteiger charge is 2.17. The van der Waals surface area contributed by atoms with Crippen molar-refractivity contribution in [3.63, 3.8) is 0 Å². The largest absolute Gasteiger partial charge is 0.345 e. The quantitative estimate of drug-likeness (QED) is 0.489. The minimum Gasteiger partial charge on any atom is -0.345 e. The lowest BCUT2D eigenvalue weighted by Gasteiger charge is -2.19. The molecule has 0 aliphatic rings. The molecule has 1 amide bonds. The Morgan fingerprint density at radius 1 is 1.07 bits per heavy atom. The number of hydrogen-bond donors (Lipinski definition) is 1. The van der Waals surface area contributed by atoms with Crippen LogP contribution in [0.4, 0.5) is 0 Å². The zero-order valence-corrected chi connectivity index (χ0v) is 19.5. The Labute approximate surface area is 184 Å². The minimum absolute atomic E-state index is 0.0590. The molecule has 0 saturated carbocycles. The number of halogens is 1. The van der Waals surface area contributed by atoms with Gasteiger partial charge in [0.1, 0.15) is 0 Å². The molecule has 29 heavy (non-hydrogen) atoms. The average Bonchev–Trinajstić information content (AvgIpc) is 3.09. The van der Waals surface area contributed by atoms with E-state index in [1.807, 2.05) is 53.1 Å². The van der Waals surface area contributed by atoms with E-state index in [2.05, 4.69) is 59.1 Å². The Kier molecular flexibility index (Phi) is 6.80. The molecule has 2 aromatic carbocycles. The number of amides is 1. The van der Waals surface area contributed by atoms with E-state index >= 15 is 0 Å². The van der Waals surface area contributed by atoms with Crippen molar-refractivity contribution in [2.75, 3.05) is 5.75 Å². The Morgan fingerprint density at radius 3 is 2.31 bits per heavy atom. The molecule has 5 nitrogen and oxygen atoms in total. The number of carbonyl (C=O) groups is 1. The number of nitrogens with zero attached hydrogens (tertiary/aromatic N) is 3. The van der Waals surface area contributed by atoms with Crippen LogP contribution in [0.1, 0.15) is 49.4 Å². The summed E-state index contributed by atoms with van der Waals surface area (Å²) < 4.78 is 3.00. The summed E-state index contributed by atoms with van der Waals surface area (Å²) in [5.74, 6) is 1.46. The van der Waals surface area contributed by atoms with Crippen LogP contribution in [-0.2, 0) is 12.0 Å². The predicted octanol–water partition coefficient (Wildman–Crippen LogP) is 5.37. The SMILES string of the molecule is CCSc1nnc(CNC(=O)c2ccc(C(C)(C)C)cc2)n1-c1ccc(Br)cc1. The fourth-order valence-electron chi connectivity index (χ4n) is 2.87. The van der Waals surface area contributed by atoms with Crippen molar-refractivity contribution in [2.45, 2.75) is 44.8 Å². The zero-order chi connectivity index (χ0) is 21.0. The highest BCUT2D eigenvalue weighted by Crippen LogP contribution is 2.24. The maximum Gasteiger partial charge on any atom is 0.251 e. The van der Waals surface area contributed by atoms with Crippen LogP contribution in [0.25, 0.3) is 5.69 Å². The van der Waals surface area contributed by atoms with Gasteiger partial charge < -0.3 is 5.32 Å². The summed E-state index contributed by atoms with van der Waals surface area (Å²) >= 11 is 5.09. The number of rotatable bonds is 6. The lowest BCUT2D eigenvalue weighted by atomic mass is 9.87. The molecule has 0 atom stereocenters. The van der Waals surface area contributed by atoms with Crippen molar-refractivity contribution in [1.82, 2.24) is 20.1 Å². The number of aromatic nitrogens is 3. The average molecular weight is 473 g/mol. The molecule has 0 radical (unpaired) electrons. The molecule has 3 rings (SSSR count). The van der Waals surface area contributed by atoms with Crippen molar-refractivity contribution in [3.8, 4) is 5.69 Å². The Morgan fingerprint density at radius 2 is 1.72 bits per heavy atom. The van der Waals surface area contributed by atoms with Gasteiger partial charge in [-0.05, 0) is 53.1 Å². The molecule has 1 aromatic heterocycles. The summed E-state index contributed by atoms with van der Waals surface area (Å²) in [5, 5.41) is 12.4. The molecule has 1 N–H and O–H groups in total. The highest BCUT2D eigenvalue weighted by atomic mass is 79.9. The fraction of sp³-hybridized carbons (Fsp3) is 0.318. The highest BCUT2D eigenvalue weighted by molar-refractivity contribution is 9.10. The second-order valence-corrected chi connectivity index (χ2v) is 9.80. The van der Waals surface area contributed by atoms with Crippen LogP contribution in [0.15, 0.2) is 58.2 Å². The first kappa shape index (κ1) is 21.6. The van der Waals surface area contributed by atoms with E-state index in [9.17, 15) is 4.79 Å². The molecule has 7 heteroatoms. The van der Waals surface area contributed by atoms with Gasteiger partial charge in [0.2, 0.25) is 0 Å². The van der Waals surface area contributed by atoms with Crippen LogP contribution in [0.3, 0.4) is 0 Å². The molecule has 0 spiro atoms. The molecule has 0 saturated heterocycles. The fourth-order valence-corrected chi connectivity index (χ4v) is 3.83. The summed E-state index contributed by atoms with van der Waals surface area (Å²) in [6.07, 6.45) is 0. The predicted molar refractivity (Wildman–Crippen MR) is 122 cm³/mol. The van der Waals surface area contributed by atoms with Gasteiger partial charge in [0, 0.05) is 15.7 Å². The van der Waals surface area contributed by atoms with E-state index in [-0.39, 0.29) is 11.3 Å². The van der Waals surface area contributed by atoms with E-state index in [4.69, 9.17) is 0 Å². The third kappa shape index (κ3) is 5.28. The molecular formula is C22H25BrN4OS. The first-order valence-corrected chi connectivity index (χ1v) is 11.3. The van der Waals surface area contributed by atoms with Crippen LogP contribution in [0, 0.1) is 0 Å². The van der Waals surface area contributed by atoms with Gasteiger partial charge >= 0.3 is 0 Å². The second kappa shape index (κ2) is 9.13. The molecule has 0 bridgehead atoms. The first-order chi connectivity index (χ1) is 13.8. The van der Waals surface area contributed by atoms with Gasteiger partial charge in [-0.3, -0.25) is 9.36 Å². The standard InChI is InChI=1S/C22H25BrN4OS/c1-5-29-21-26-25-19(27(21)18-12-10-17(23)11-13-18)14-24-20(28)15-6-8-16(9-7-15)22(2,3)4/h6-13H,5,14H2,1-4H3,(H,24,28). The molecule has 0 fully saturated rings. The number of carbonyl (C=O) groups excluding carboxylic acids is 1. The number of thioether (sulfide) groups is 1. The molecule has 3 aromatic rings. The summed E-state index contributed by atoms with van der Waals surface area (Å²) in [6.45, 7) is 8.84. The summed E-state index contributed by atoms with van der Waals surface area (Å²) in [4.78, 5) is 12.6. The second-order valence-electron chi connectivity index (χ2n) is 7.65. The van der Waals surface area contributed by atoms with Crippen molar-refractivity contribution in [1.29, 1.82) is 0 Å². The Bertz CT molecular complexity index is 976. The first-order valence-electron chi connectivity index (χ1n) is 9.51. The van der Waals surface area contributed by atoms with Gasteiger partial charge in [-0.2, -0.15) is 0 Å². The molecule has 0 aliphatic heterocycles. The lowest BCUT2D eigenvalue weighted by Crippen LogP contribution is -2.25. The van der Waals surface area contributed by atoms with Gasteiger partial charge in [0.05, 0.1) is 6.54 Å². The van der Waals surface area contributed by atoms with Gasteiger partial charge in [-0.25, -0.2) is 0 Å². The molecular weight excluding hydrogens is 448 g/mol. The summed E-state index contributed by atoms with van der Waals surface area (Å²) in [7, 11) is 0. The topological polar surface area (TPSA) is 59.8 Å². The normalized spacial score (nSPS) is 11.5. The van der Waals surface area contributed by atoms with Gasteiger partial charge in [0.15, 0.2) is 11.0 Å². The molecule has 1 heterocycles. The van der Waals surface area contributed by atoms with Crippen molar-refractivity contribution in [2.24, 2.45) is 0 Å². The number of hydrogen-bond acceptors (Lipinski definition) is 4. The van der Waals surface area contributed by atoms with E-state index < -0.39 is 0 Å². The van der Waals surface area contributed by atoms with E-state index in [1.165, 1.54) is 5.56 Å². The van der Waals surface area contributed by atoms with Crippen molar-refractivity contribution >= 4 is 33.6 Å². The molecule has 0 aliphatic carbocycles. The monoisotopic (exact) mass is 472 g/mol.